The molecule has 0 saturated carbocycles. The highest BCUT2D eigenvalue weighted by Gasteiger charge is 2.12. The fraction of sp³-hybridized carbons (Fsp3) is 0.778. The Morgan fingerprint density at radius 1 is 1.20 bits per heavy atom. The average Bonchev–Trinajstić information content (AvgIpc) is 3.00. The SMILES string of the molecule is CCNC(=NCc1csc(N(C)C)n1)NCCCN(C(C)C)C(C)C. The Labute approximate surface area is 157 Å². The van der Waals surface area contributed by atoms with Gasteiger partial charge in [-0.15, -0.1) is 11.3 Å². The molecule has 0 spiro atoms. The predicted molar refractivity (Wildman–Crippen MR) is 111 cm³/mol. The van der Waals surface area contributed by atoms with Crippen molar-refractivity contribution < 1.29 is 0 Å². The van der Waals surface area contributed by atoms with Gasteiger partial charge in [0, 0.05) is 51.2 Å². The number of hydrogen-bond acceptors (Lipinski definition) is 5. The maximum atomic E-state index is 4.65. The van der Waals surface area contributed by atoms with Crippen LogP contribution in [0.2, 0.25) is 0 Å². The average molecular weight is 369 g/mol. The summed E-state index contributed by atoms with van der Waals surface area (Å²) in [4.78, 5) is 13.8. The molecule has 0 saturated heterocycles. The lowest BCUT2D eigenvalue weighted by Gasteiger charge is -2.30. The molecule has 0 aliphatic rings. The summed E-state index contributed by atoms with van der Waals surface area (Å²) in [6, 6.07) is 1.16. The Balaban J connectivity index is 2.47. The van der Waals surface area contributed by atoms with E-state index in [-0.39, 0.29) is 0 Å². The molecule has 0 radical (unpaired) electrons. The first kappa shape index (κ1) is 21.7. The minimum Gasteiger partial charge on any atom is -0.357 e. The normalized spacial score (nSPS) is 12.3. The van der Waals surface area contributed by atoms with Crippen molar-refractivity contribution in [2.24, 2.45) is 4.99 Å². The van der Waals surface area contributed by atoms with Crippen LogP contribution in [0.1, 0.15) is 46.7 Å². The summed E-state index contributed by atoms with van der Waals surface area (Å²) < 4.78 is 0. The minimum atomic E-state index is 0.581. The minimum absolute atomic E-state index is 0.581. The lowest BCUT2D eigenvalue weighted by molar-refractivity contribution is 0.173. The summed E-state index contributed by atoms with van der Waals surface area (Å²) in [5, 5.41) is 9.83. The molecule has 0 fully saturated rings. The monoisotopic (exact) mass is 368 g/mol. The van der Waals surface area contributed by atoms with E-state index in [4.69, 9.17) is 0 Å². The van der Waals surface area contributed by atoms with Crippen LogP contribution in [0.4, 0.5) is 5.13 Å². The van der Waals surface area contributed by atoms with Crippen molar-refractivity contribution in [2.45, 2.75) is 59.7 Å². The number of nitrogens with zero attached hydrogens (tertiary/aromatic N) is 4. The van der Waals surface area contributed by atoms with Gasteiger partial charge in [0.25, 0.3) is 0 Å². The summed E-state index contributed by atoms with van der Waals surface area (Å²) in [5.41, 5.74) is 1.01. The molecule has 0 atom stereocenters. The second-order valence-corrected chi connectivity index (χ2v) is 7.75. The zero-order valence-electron chi connectivity index (χ0n) is 17.0. The first-order valence-electron chi connectivity index (χ1n) is 9.24. The third kappa shape index (κ3) is 8.05. The maximum absolute atomic E-state index is 4.65. The highest BCUT2D eigenvalue weighted by molar-refractivity contribution is 7.13. The van der Waals surface area contributed by atoms with Gasteiger partial charge < -0.3 is 15.5 Å². The summed E-state index contributed by atoms with van der Waals surface area (Å²) in [6.45, 7) is 14.6. The van der Waals surface area contributed by atoms with Crippen LogP contribution in [0.3, 0.4) is 0 Å². The van der Waals surface area contributed by atoms with E-state index in [9.17, 15) is 0 Å². The summed E-state index contributed by atoms with van der Waals surface area (Å²) in [5.74, 6) is 0.863. The Hall–Kier alpha value is -1.34. The topological polar surface area (TPSA) is 55.8 Å². The molecule has 2 N–H and O–H groups in total. The van der Waals surface area contributed by atoms with E-state index in [0.717, 1.165) is 42.8 Å². The van der Waals surface area contributed by atoms with Gasteiger partial charge in [0.2, 0.25) is 0 Å². The number of aromatic nitrogens is 1. The molecule has 1 heterocycles. The standard InChI is InChI=1S/C18H36N6S/c1-8-19-17(20-10-9-11-24(14(2)3)15(4)5)21-12-16-13-25-18(22-16)23(6)7/h13-15H,8-12H2,1-7H3,(H2,19,20,21). The van der Waals surface area contributed by atoms with E-state index in [2.05, 4.69) is 65.5 Å². The number of guanidine groups is 1. The van der Waals surface area contributed by atoms with Gasteiger partial charge in [0.05, 0.1) is 12.2 Å². The number of thiazole rings is 1. The van der Waals surface area contributed by atoms with Crippen molar-refractivity contribution in [3.63, 3.8) is 0 Å². The lowest BCUT2D eigenvalue weighted by atomic mass is 10.2. The van der Waals surface area contributed by atoms with Gasteiger partial charge >= 0.3 is 0 Å². The molecule has 0 bridgehead atoms. The first-order chi connectivity index (χ1) is 11.8. The van der Waals surface area contributed by atoms with Gasteiger partial charge in [-0.3, -0.25) is 4.90 Å². The largest absolute Gasteiger partial charge is 0.357 e. The molecular weight excluding hydrogens is 332 g/mol. The third-order valence-electron chi connectivity index (χ3n) is 3.88. The van der Waals surface area contributed by atoms with Crippen LogP contribution in [0.15, 0.2) is 10.4 Å². The number of nitrogens with one attached hydrogen (secondary N) is 2. The molecule has 0 amide bonds. The second kappa shape index (κ2) is 11.3. The van der Waals surface area contributed by atoms with Crippen molar-refractivity contribution in [1.82, 2.24) is 20.5 Å². The Morgan fingerprint density at radius 3 is 2.40 bits per heavy atom. The molecule has 0 aromatic carbocycles. The van der Waals surface area contributed by atoms with E-state index in [1.165, 1.54) is 0 Å². The summed E-state index contributed by atoms with van der Waals surface area (Å²) in [6.07, 6.45) is 1.10. The first-order valence-corrected chi connectivity index (χ1v) is 10.1. The smallest absolute Gasteiger partial charge is 0.191 e. The molecule has 0 aliphatic carbocycles. The highest BCUT2D eigenvalue weighted by atomic mass is 32.1. The summed E-state index contributed by atoms with van der Waals surface area (Å²) in [7, 11) is 4.02. The maximum Gasteiger partial charge on any atom is 0.191 e. The van der Waals surface area contributed by atoms with Crippen LogP contribution in [0, 0.1) is 0 Å². The molecular formula is C18H36N6S. The van der Waals surface area contributed by atoms with Crippen LogP contribution >= 0.6 is 11.3 Å². The van der Waals surface area contributed by atoms with E-state index in [1.54, 1.807) is 11.3 Å². The molecule has 0 unspecified atom stereocenters. The van der Waals surface area contributed by atoms with Crippen LogP contribution in [-0.2, 0) is 6.54 Å². The van der Waals surface area contributed by atoms with Gasteiger partial charge in [-0.1, -0.05) is 0 Å². The Bertz CT molecular complexity index is 501. The number of rotatable bonds is 10. The van der Waals surface area contributed by atoms with Crippen molar-refractivity contribution in [3.05, 3.63) is 11.1 Å². The fourth-order valence-electron chi connectivity index (χ4n) is 2.66. The fourth-order valence-corrected chi connectivity index (χ4v) is 3.41. The zero-order chi connectivity index (χ0) is 18.8. The van der Waals surface area contributed by atoms with Crippen LogP contribution in [0.5, 0.6) is 0 Å². The van der Waals surface area contributed by atoms with Crippen molar-refractivity contribution in [3.8, 4) is 0 Å². The molecule has 0 aliphatic heterocycles. The van der Waals surface area contributed by atoms with E-state index in [0.29, 0.717) is 18.6 Å². The van der Waals surface area contributed by atoms with E-state index in [1.807, 2.05) is 19.0 Å². The molecule has 144 valence electrons. The quantitative estimate of drug-likeness (QED) is 0.378. The van der Waals surface area contributed by atoms with Crippen LogP contribution in [0.25, 0.3) is 0 Å². The second-order valence-electron chi connectivity index (χ2n) is 6.92. The molecule has 25 heavy (non-hydrogen) atoms. The summed E-state index contributed by atoms with van der Waals surface area (Å²) >= 11 is 1.65. The van der Waals surface area contributed by atoms with Crippen LogP contribution in [-0.4, -0.2) is 61.7 Å². The molecule has 1 aromatic rings. The molecule has 1 rings (SSSR count). The van der Waals surface area contributed by atoms with Crippen LogP contribution < -0.4 is 15.5 Å². The van der Waals surface area contributed by atoms with Gasteiger partial charge in [0.15, 0.2) is 11.1 Å². The Morgan fingerprint density at radius 2 is 1.88 bits per heavy atom. The Kier molecular flexibility index (Phi) is 9.82. The molecule has 6 nitrogen and oxygen atoms in total. The number of anilines is 1. The lowest BCUT2D eigenvalue weighted by Crippen LogP contribution is -2.41. The number of hydrogen-bond donors (Lipinski definition) is 2. The van der Waals surface area contributed by atoms with Gasteiger partial charge in [-0.2, -0.15) is 0 Å². The highest BCUT2D eigenvalue weighted by Crippen LogP contribution is 2.18. The number of aliphatic imine (C=N–C) groups is 1. The van der Waals surface area contributed by atoms with Crippen molar-refractivity contribution >= 4 is 22.4 Å². The predicted octanol–water partition coefficient (Wildman–Crippen LogP) is 2.77. The van der Waals surface area contributed by atoms with Crippen molar-refractivity contribution in [2.75, 3.05) is 38.6 Å². The van der Waals surface area contributed by atoms with Gasteiger partial charge in [0.1, 0.15) is 0 Å². The third-order valence-corrected chi connectivity index (χ3v) is 4.93. The van der Waals surface area contributed by atoms with Gasteiger partial charge in [-0.05, 0) is 41.0 Å². The molecule has 7 heteroatoms. The van der Waals surface area contributed by atoms with E-state index < -0.39 is 0 Å². The molecule has 1 aromatic heterocycles. The zero-order valence-corrected chi connectivity index (χ0v) is 17.8. The van der Waals surface area contributed by atoms with E-state index >= 15 is 0 Å². The van der Waals surface area contributed by atoms with Crippen molar-refractivity contribution in [1.29, 1.82) is 0 Å². The van der Waals surface area contributed by atoms with Gasteiger partial charge in [-0.25, -0.2) is 9.98 Å².